The zero-order chi connectivity index (χ0) is 24.6. The fraction of sp³-hybridized carbons (Fsp3) is 0.409. The first-order chi connectivity index (χ1) is 15.3. The molecule has 180 valence electrons. The number of alkyl halides is 3. The van der Waals surface area contributed by atoms with Crippen LogP contribution in [-0.4, -0.2) is 58.0 Å². The standard InChI is InChI=1S/C22H23F4NO5S/c1-13(22(24,25)26)32-17-8-9-18(33(3,29)30)20(31-2)19(17)21(28)27-11-15(12-27)10-14-4-6-16(23)7-5-14/h4-9,13,15H,10-12H2,1-3H3/t13-/m1/s1. The maximum absolute atomic E-state index is 13.2. The Morgan fingerprint density at radius 3 is 2.27 bits per heavy atom. The molecule has 0 spiro atoms. The molecule has 1 saturated heterocycles. The Labute approximate surface area is 189 Å². The van der Waals surface area contributed by atoms with Gasteiger partial charge in [-0.3, -0.25) is 4.79 Å². The molecule has 11 heteroatoms. The van der Waals surface area contributed by atoms with Crippen LogP contribution >= 0.6 is 0 Å². The molecule has 33 heavy (non-hydrogen) atoms. The number of ether oxygens (including phenoxy) is 2. The van der Waals surface area contributed by atoms with Gasteiger partial charge in [0.2, 0.25) is 0 Å². The van der Waals surface area contributed by atoms with Gasteiger partial charge in [-0.2, -0.15) is 13.2 Å². The Kier molecular flexibility index (Phi) is 6.92. The summed E-state index contributed by atoms with van der Waals surface area (Å²) in [4.78, 5) is 14.3. The number of nitrogens with zero attached hydrogens (tertiary/aromatic N) is 1. The Bertz CT molecular complexity index is 1130. The quantitative estimate of drug-likeness (QED) is 0.552. The molecule has 2 aromatic rings. The molecule has 3 rings (SSSR count). The van der Waals surface area contributed by atoms with Crippen molar-refractivity contribution < 1.29 is 40.2 Å². The Hall–Kier alpha value is -2.82. The average molecular weight is 489 g/mol. The van der Waals surface area contributed by atoms with E-state index in [1.807, 2.05) is 0 Å². The van der Waals surface area contributed by atoms with Crippen molar-refractivity contribution in [3.63, 3.8) is 0 Å². The molecule has 1 fully saturated rings. The Morgan fingerprint density at radius 1 is 1.15 bits per heavy atom. The van der Waals surface area contributed by atoms with E-state index < -0.39 is 33.8 Å². The molecular formula is C22H23F4NO5S. The van der Waals surface area contributed by atoms with Gasteiger partial charge in [-0.1, -0.05) is 12.1 Å². The van der Waals surface area contributed by atoms with Crippen molar-refractivity contribution in [2.24, 2.45) is 5.92 Å². The van der Waals surface area contributed by atoms with E-state index in [0.29, 0.717) is 6.42 Å². The first-order valence-corrected chi connectivity index (χ1v) is 11.9. The van der Waals surface area contributed by atoms with Crippen molar-refractivity contribution in [2.75, 3.05) is 26.5 Å². The van der Waals surface area contributed by atoms with Crippen LogP contribution < -0.4 is 9.47 Å². The number of sulfone groups is 1. The summed E-state index contributed by atoms with van der Waals surface area (Å²) in [6.07, 6.45) is -5.44. The van der Waals surface area contributed by atoms with Gasteiger partial charge in [-0.15, -0.1) is 0 Å². The van der Waals surface area contributed by atoms with Gasteiger partial charge < -0.3 is 14.4 Å². The lowest BCUT2D eigenvalue weighted by molar-refractivity contribution is -0.189. The number of hydrogen-bond donors (Lipinski definition) is 0. The Balaban J connectivity index is 1.89. The molecule has 1 atom stereocenters. The third-order valence-electron chi connectivity index (χ3n) is 5.35. The minimum atomic E-state index is -4.69. The van der Waals surface area contributed by atoms with Crippen molar-refractivity contribution in [3.05, 3.63) is 53.3 Å². The normalized spacial score (nSPS) is 15.7. The van der Waals surface area contributed by atoms with Crippen molar-refractivity contribution in [2.45, 2.75) is 30.5 Å². The van der Waals surface area contributed by atoms with Crippen LogP contribution in [0.5, 0.6) is 11.5 Å². The van der Waals surface area contributed by atoms with E-state index in [4.69, 9.17) is 9.47 Å². The van der Waals surface area contributed by atoms with E-state index in [1.165, 1.54) is 17.0 Å². The largest absolute Gasteiger partial charge is 0.494 e. The predicted molar refractivity (Wildman–Crippen MR) is 112 cm³/mol. The average Bonchev–Trinajstić information content (AvgIpc) is 2.69. The lowest BCUT2D eigenvalue weighted by Gasteiger charge is -2.40. The number of carbonyl (C=O) groups is 1. The molecule has 1 aliphatic heterocycles. The summed E-state index contributed by atoms with van der Waals surface area (Å²) < 4.78 is 86.8. The summed E-state index contributed by atoms with van der Waals surface area (Å²) in [6.45, 7) is 1.36. The van der Waals surface area contributed by atoms with Crippen LogP contribution in [0.2, 0.25) is 0 Å². The van der Waals surface area contributed by atoms with Crippen molar-refractivity contribution in [1.82, 2.24) is 4.90 Å². The van der Waals surface area contributed by atoms with E-state index in [-0.39, 0.29) is 41.0 Å². The van der Waals surface area contributed by atoms with Crippen LogP contribution in [0.4, 0.5) is 17.6 Å². The van der Waals surface area contributed by atoms with Crippen LogP contribution in [0.15, 0.2) is 41.3 Å². The molecular weight excluding hydrogens is 466 g/mol. The van der Waals surface area contributed by atoms with Crippen molar-refractivity contribution in [3.8, 4) is 11.5 Å². The second kappa shape index (κ2) is 9.20. The molecule has 0 aliphatic carbocycles. The molecule has 0 unspecified atom stereocenters. The molecule has 0 N–H and O–H groups in total. The molecule has 1 amide bonds. The highest BCUT2D eigenvalue weighted by atomic mass is 32.2. The summed E-state index contributed by atoms with van der Waals surface area (Å²) >= 11 is 0. The molecule has 0 radical (unpaired) electrons. The van der Waals surface area contributed by atoms with Crippen LogP contribution in [0.3, 0.4) is 0 Å². The van der Waals surface area contributed by atoms with Crippen LogP contribution in [0, 0.1) is 11.7 Å². The third-order valence-corrected chi connectivity index (χ3v) is 6.47. The minimum Gasteiger partial charge on any atom is -0.494 e. The van der Waals surface area contributed by atoms with Gasteiger partial charge in [-0.25, -0.2) is 12.8 Å². The molecule has 1 aliphatic rings. The predicted octanol–water partition coefficient (Wildman–Crippen LogP) is 3.88. The number of halogens is 4. The van der Waals surface area contributed by atoms with Gasteiger partial charge in [0.15, 0.2) is 21.7 Å². The zero-order valence-electron chi connectivity index (χ0n) is 18.1. The highest BCUT2D eigenvalue weighted by molar-refractivity contribution is 7.90. The lowest BCUT2D eigenvalue weighted by Crippen LogP contribution is -2.51. The van der Waals surface area contributed by atoms with Gasteiger partial charge >= 0.3 is 6.18 Å². The van der Waals surface area contributed by atoms with Gasteiger partial charge in [-0.05, 0) is 49.1 Å². The molecule has 0 saturated carbocycles. The molecule has 1 heterocycles. The van der Waals surface area contributed by atoms with E-state index in [0.717, 1.165) is 38.0 Å². The summed E-state index contributed by atoms with van der Waals surface area (Å²) in [6, 6.07) is 8.04. The fourth-order valence-corrected chi connectivity index (χ4v) is 4.41. The van der Waals surface area contributed by atoms with Gasteiger partial charge in [0.05, 0.1) is 7.11 Å². The number of amides is 1. The SMILES string of the molecule is COc1c(S(C)(=O)=O)ccc(O[C@H](C)C(F)(F)F)c1C(=O)N1CC(Cc2ccc(F)cc2)C1. The summed E-state index contributed by atoms with van der Waals surface area (Å²) in [5.74, 6) is -1.78. The highest BCUT2D eigenvalue weighted by Gasteiger charge is 2.41. The van der Waals surface area contributed by atoms with Gasteiger partial charge in [0.25, 0.3) is 5.91 Å². The molecule has 0 aromatic heterocycles. The maximum Gasteiger partial charge on any atom is 0.425 e. The second-order valence-electron chi connectivity index (χ2n) is 7.95. The minimum absolute atomic E-state index is 0.0574. The number of carbonyl (C=O) groups excluding carboxylic acids is 1. The summed E-state index contributed by atoms with van der Waals surface area (Å²) in [5.41, 5.74) is 0.505. The number of likely N-dealkylation sites (tertiary alicyclic amines) is 1. The second-order valence-corrected chi connectivity index (χ2v) is 9.93. The monoisotopic (exact) mass is 489 g/mol. The number of methoxy groups -OCH3 is 1. The molecule has 6 nitrogen and oxygen atoms in total. The lowest BCUT2D eigenvalue weighted by atomic mass is 9.91. The van der Waals surface area contributed by atoms with E-state index in [1.54, 1.807) is 12.1 Å². The number of rotatable bonds is 7. The van der Waals surface area contributed by atoms with E-state index in [9.17, 15) is 30.8 Å². The number of hydrogen-bond acceptors (Lipinski definition) is 5. The molecule has 0 bridgehead atoms. The summed E-state index contributed by atoms with van der Waals surface area (Å²) in [5, 5.41) is 0. The highest BCUT2D eigenvalue weighted by Crippen LogP contribution is 2.39. The first-order valence-electron chi connectivity index (χ1n) is 9.99. The Morgan fingerprint density at radius 2 is 1.76 bits per heavy atom. The molecule has 2 aromatic carbocycles. The van der Waals surface area contributed by atoms with Crippen molar-refractivity contribution >= 4 is 15.7 Å². The zero-order valence-corrected chi connectivity index (χ0v) is 19.0. The van der Waals surface area contributed by atoms with Crippen LogP contribution in [0.25, 0.3) is 0 Å². The third kappa shape index (κ3) is 5.58. The van der Waals surface area contributed by atoms with Crippen LogP contribution in [0.1, 0.15) is 22.8 Å². The van der Waals surface area contributed by atoms with Gasteiger partial charge in [0.1, 0.15) is 22.0 Å². The fourth-order valence-electron chi connectivity index (χ4n) is 3.57. The van der Waals surface area contributed by atoms with E-state index in [2.05, 4.69) is 0 Å². The first kappa shape index (κ1) is 24.8. The van der Waals surface area contributed by atoms with Crippen molar-refractivity contribution in [1.29, 1.82) is 0 Å². The summed E-state index contributed by atoms with van der Waals surface area (Å²) in [7, 11) is -2.72. The maximum atomic E-state index is 13.2. The topological polar surface area (TPSA) is 72.9 Å². The number of benzene rings is 2. The van der Waals surface area contributed by atoms with Crippen LogP contribution in [-0.2, 0) is 16.3 Å². The van der Waals surface area contributed by atoms with E-state index >= 15 is 0 Å². The smallest absolute Gasteiger partial charge is 0.425 e. The van der Waals surface area contributed by atoms with Gasteiger partial charge in [0, 0.05) is 19.3 Å².